The molecule has 0 bridgehead atoms. The van der Waals surface area contributed by atoms with Crippen LogP contribution in [0.25, 0.3) is 0 Å². The van der Waals surface area contributed by atoms with E-state index in [1.165, 1.54) is 18.2 Å². The van der Waals surface area contributed by atoms with Crippen LogP contribution in [0.5, 0.6) is 5.75 Å². The molecule has 0 aromatic heterocycles. The number of hydrogen-bond acceptors (Lipinski definition) is 5. The zero-order valence-corrected chi connectivity index (χ0v) is 11.3. The quantitative estimate of drug-likeness (QED) is 0.851. The number of nitrogens with zero attached hydrogens (tertiary/aromatic N) is 1. The zero-order valence-electron chi connectivity index (χ0n) is 10.6. The zero-order chi connectivity index (χ0) is 14.3. The van der Waals surface area contributed by atoms with Gasteiger partial charge in [-0.3, -0.25) is 9.59 Å². The molecule has 0 radical (unpaired) electrons. The highest BCUT2D eigenvalue weighted by atomic mass is 35.5. The first-order valence-corrected chi connectivity index (χ1v) is 6.63. The van der Waals surface area contributed by atoms with Crippen molar-refractivity contribution in [1.82, 2.24) is 4.90 Å². The summed E-state index contributed by atoms with van der Waals surface area (Å²) in [5.74, 6) is -1.07. The lowest BCUT2D eigenvalue weighted by Gasteiger charge is -2.32. The summed E-state index contributed by atoms with van der Waals surface area (Å²) >= 11 is 6.08. The van der Waals surface area contributed by atoms with E-state index >= 15 is 0 Å². The fourth-order valence-electron chi connectivity index (χ4n) is 2.48. The van der Waals surface area contributed by atoms with E-state index < -0.39 is 5.78 Å². The first-order chi connectivity index (χ1) is 9.61. The molecule has 1 saturated heterocycles. The molecule has 1 N–H and O–H groups in total. The molecule has 1 aromatic carbocycles. The van der Waals surface area contributed by atoms with Crippen molar-refractivity contribution in [3.63, 3.8) is 0 Å². The van der Waals surface area contributed by atoms with E-state index in [1.807, 2.05) is 0 Å². The van der Waals surface area contributed by atoms with Crippen molar-refractivity contribution in [3.8, 4) is 5.75 Å². The van der Waals surface area contributed by atoms with Gasteiger partial charge in [-0.25, -0.2) is 0 Å². The Kier molecular flexibility index (Phi) is 3.23. The third-order valence-electron chi connectivity index (χ3n) is 3.46. The van der Waals surface area contributed by atoms with Gasteiger partial charge in [0.05, 0.1) is 18.8 Å². The van der Waals surface area contributed by atoms with Gasteiger partial charge in [-0.15, -0.1) is 0 Å². The molecule has 0 unspecified atom stereocenters. The van der Waals surface area contributed by atoms with Crippen LogP contribution in [0.15, 0.2) is 28.9 Å². The van der Waals surface area contributed by atoms with Crippen molar-refractivity contribution in [2.24, 2.45) is 0 Å². The Hall–Kier alpha value is -1.85. The maximum atomic E-state index is 12.5. The highest BCUT2D eigenvalue weighted by molar-refractivity contribution is 6.50. The minimum absolute atomic E-state index is 0.0143. The molecule has 20 heavy (non-hydrogen) atoms. The molecule has 0 saturated carbocycles. The second-order valence-corrected chi connectivity index (χ2v) is 5.00. The minimum Gasteiger partial charge on any atom is -0.507 e. The summed E-state index contributed by atoms with van der Waals surface area (Å²) < 4.78 is 5.23. The van der Waals surface area contributed by atoms with Crippen molar-refractivity contribution in [3.05, 3.63) is 40.1 Å². The van der Waals surface area contributed by atoms with Gasteiger partial charge in [0.1, 0.15) is 16.5 Å². The lowest BCUT2D eigenvalue weighted by atomic mass is 9.91. The number of aromatic hydroxyl groups is 1. The van der Waals surface area contributed by atoms with Crippen LogP contribution in [0.4, 0.5) is 0 Å². The Morgan fingerprint density at radius 2 is 1.85 bits per heavy atom. The monoisotopic (exact) mass is 293 g/mol. The summed E-state index contributed by atoms with van der Waals surface area (Å²) in [5, 5.41) is 9.64. The summed E-state index contributed by atoms with van der Waals surface area (Å²) in [6.45, 7) is 2.00. The molecular formula is C14H12ClNO4. The van der Waals surface area contributed by atoms with E-state index in [1.54, 1.807) is 4.90 Å². The van der Waals surface area contributed by atoms with Crippen LogP contribution in [0.3, 0.4) is 0 Å². The molecule has 0 amide bonds. The van der Waals surface area contributed by atoms with Crippen LogP contribution in [0.2, 0.25) is 0 Å². The molecular weight excluding hydrogens is 282 g/mol. The van der Waals surface area contributed by atoms with Gasteiger partial charge in [0, 0.05) is 18.7 Å². The molecule has 0 atom stereocenters. The Morgan fingerprint density at radius 3 is 2.55 bits per heavy atom. The maximum Gasteiger partial charge on any atom is 0.211 e. The SMILES string of the molecule is O=C1C(N2CCOCC2)=C(Cl)C(=O)c2c(O)cccc21. The highest BCUT2D eigenvalue weighted by Crippen LogP contribution is 2.34. The molecule has 1 heterocycles. The van der Waals surface area contributed by atoms with Gasteiger partial charge >= 0.3 is 0 Å². The van der Waals surface area contributed by atoms with Gasteiger partial charge in [0.15, 0.2) is 0 Å². The first kappa shape index (κ1) is 13.1. The number of ketones is 2. The smallest absolute Gasteiger partial charge is 0.211 e. The summed E-state index contributed by atoms with van der Waals surface area (Å²) in [4.78, 5) is 26.6. The van der Waals surface area contributed by atoms with Crippen LogP contribution in [-0.4, -0.2) is 47.9 Å². The Balaban J connectivity index is 2.11. The number of rotatable bonds is 1. The van der Waals surface area contributed by atoms with Crippen LogP contribution in [-0.2, 0) is 4.74 Å². The molecule has 1 aliphatic heterocycles. The molecule has 2 aliphatic rings. The van der Waals surface area contributed by atoms with Gasteiger partial charge in [0.25, 0.3) is 0 Å². The number of carbonyl (C=O) groups is 2. The van der Waals surface area contributed by atoms with Crippen LogP contribution in [0, 0.1) is 0 Å². The number of Topliss-reactive ketones (excluding diaryl/α,β-unsaturated/α-hetero) is 2. The fraction of sp³-hybridized carbons (Fsp3) is 0.286. The van der Waals surface area contributed by atoms with Crippen molar-refractivity contribution in [2.45, 2.75) is 0 Å². The number of hydrogen-bond donors (Lipinski definition) is 1. The molecule has 6 heteroatoms. The number of phenols is 1. The highest BCUT2D eigenvalue weighted by Gasteiger charge is 2.36. The molecule has 1 fully saturated rings. The third-order valence-corrected chi connectivity index (χ3v) is 3.81. The summed E-state index contributed by atoms with van der Waals surface area (Å²) in [6, 6.07) is 4.43. The largest absolute Gasteiger partial charge is 0.507 e. The van der Waals surface area contributed by atoms with Gasteiger partial charge in [-0.05, 0) is 12.1 Å². The van der Waals surface area contributed by atoms with Crippen LogP contribution >= 0.6 is 11.6 Å². The Morgan fingerprint density at radius 1 is 1.15 bits per heavy atom. The van der Waals surface area contributed by atoms with Gasteiger partial charge in [-0.1, -0.05) is 17.7 Å². The Labute approximate surface area is 120 Å². The van der Waals surface area contributed by atoms with Crippen molar-refractivity contribution in [2.75, 3.05) is 26.3 Å². The van der Waals surface area contributed by atoms with E-state index in [9.17, 15) is 14.7 Å². The standard InChI is InChI=1S/C14H12ClNO4/c15-11-12(16-4-6-20-7-5-16)13(18)8-2-1-3-9(17)10(8)14(11)19/h1-3,17H,4-7H2. The Bertz CT molecular complexity index is 632. The maximum absolute atomic E-state index is 12.5. The second-order valence-electron chi connectivity index (χ2n) is 4.62. The predicted molar refractivity (Wildman–Crippen MR) is 72.0 cm³/mol. The molecule has 1 aliphatic carbocycles. The number of morpholine rings is 1. The van der Waals surface area contributed by atoms with E-state index in [4.69, 9.17) is 16.3 Å². The molecule has 1 aromatic rings. The van der Waals surface area contributed by atoms with Crippen molar-refractivity contribution in [1.29, 1.82) is 0 Å². The number of halogens is 1. The number of fused-ring (bicyclic) bond motifs is 1. The van der Waals surface area contributed by atoms with Crippen LogP contribution < -0.4 is 0 Å². The molecule has 5 nitrogen and oxygen atoms in total. The number of carbonyl (C=O) groups excluding carboxylic acids is 2. The van der Waals surface area contributed by atoms with Gasteiger partial charge in [-0.2, -0.15) is 0 Å². The predicted octanol–water partition coefficient (Wildman–Crippen LogP) is 1.55. The topological polar surface area (TPSA) is 66.8 Å². The van der Waals surface area contributed by atoms with Crippen LogP contribution in [0.1, 0.15) is 20.7 Å². The van der Waals surface area contributed by atoms with E-state index in [0.29, 0.717) is 26.3 Å². The number of phenolic OH excluding ortho intramolecular Hbond substituents is 1. The average molecular weight is 294 g/mol. The second kappa shape index (κ2) is 4.92. The number of benzene rings is 1. The van der Waals surface area contributed by atoms with E-state index in [0.717, 1.165) is 0 Å². The molecule has 3 rings (SSSR count). The van der Waals surface area contributed by atoms with Gasteiger partial charge in [0.2, 0.25) is 11.6 Å². The molecule has 104 valence electrons. The lowest BCUT2D eigenvalue weighted by molar-refractivity contribution is 0.0499. The average Bonchev–Trinajstić information content (AvgIpc) is 2.46. The minimum atomic E-state index is -0.513. The normalized spacial score (nSPS) is 19.4. The third kappa shape index (κ3) is 1.90. The first-order valence-electron chi connectivity index (χ1n) is 6.25. The lowest BCUT2D eigenvalue weighted by Crippen LogP contribution is -2.40. The summed E-state index contributed by atoms with van der Waals surface area (Å²) in [6.07, 6.45) is 0. The van der Waals surface area contributed by atoms with E-state index in [-0.39, 0.29) is 33.4 Å². The fourth-order valence-corrected chi connectivity index (χ4v) is 2.78. The number of ether oxygens (including phenoxy) is 1. The van der Waals surface area contributed by atoms with Crippen molar-refractivity contribution < 1.29 is 19.4 Å². The van der Waals surface area contributed by atoms with Crippen molar-refractivity contribution >= 4 is 23.2 Å². The number of allylic oxidation sites excluding steroid dienone is 2. The van der Waals surface area contributed by atoms with E-state index in [2.05, 4.69) is 0 Å². The summed E-state index contributed by atoms with van der Waals surface area (Å²) in [7, 11) is 0. The molecule has 0 spiro atoms. The van der Waals surface area contributed by atoms with Gasteiger partial charge < -0.3 is 14.7 Å². The summed E-state index contributed by atoms with van der Waals surface area (Å²) in [5.41, 5.74) is 0.387.